The smallest absolute Gasteiger partial charge is 0.321 e. The molecule has 1 aromatic carbocycles. The van der Waals surface area contributed by atoms with Crippen molar-refractivity contribution < 1.29 is 23.1 Å². The predicted octanol–water partition coefficient (Wildman–Crippen LogP) is 1.28. The summed E-state index contributed by atoms with van der Waals surface area (Å²) in [6, 6.07) is 6.55. The van der Waals surface area contributed by atoms with Crippen molar-refractivity contribution in [3.8, 4) is 0 Å². The quantitative estimate of drug-likeness (QED) is 0.833. The van der Waals surface area contributed by atoms with Crippen molar-refractivity contribution in [3.63, 3.8) is 0 Å². The Morgan fingerprint density at radius 3 is 2.32 bits per heavy atom. The van der Waals surface area contributed by atoms with Gasteiger partial charge in [0, 0.05) is 10.2 Å². The van der Waals surface area contributed by atoms with Gasteiger partial charge in [0.15, 0.2) is 15.1 Å². The first-order valence-electron chi connectivity index (χ1n) is 5.22. The van der Waals surface area contributed by atoms with E-state index in [1.807, 2.05) is 0 Å². The molecule has 0 heterocycles. The number of carbonyl (C=O) groups excluding carboxylic acids is 1. The van der Waals surface area contributed by atoms with E-state index in [1.54, 1.807) is 24.3 Å². The Labute approximate surface area is 118 Å². The number of carbonyl (C=O) groups is 2. The molecule has 8 heteroatoms. The van der Waals surface area contributed by atoms with Crippen LogP contribution in [0.2, 0.25) is 0 Å². The van der Waals surface area contributed by atoms with E-state index in [0.29, 0.717) is 5.69 Å². The highest BCUT2D eigenvalue weighted by atomic mass is 79.9. The molecule has 0 aromatic heterocycles. The van der Waals surface area contributed by atoms with Gasteiger partial charge in [0.1, 0.15) is 5.75 Å². The Balaban J connectivity index is 2.70. The Kier molecular flexibility index (Phi) is 5.07. The summed E-state index contributed by atoms with van der Waals surface area (Å²) in [5, 5.41) is 9.41. The molecule has 1 atom stereocenters. The third-order valence-electron chi connectivity index (χ3n) is 2.35. The van der Waals surface area contributed by atoms with Crippen LogP contribution in [0.4, 0.5) is 5.69 Å². The molecule has 1 aromatic rings. The summed E-state index contributed by atoms with van der Waals surface area (Å²) in [6.45, 7) is 1.03. The normalized spacial score (nSPS) is 12.7. The Morgan fingerprint density at radius 1 is 1.32 bits per heavy atom. The molecule has 19 heavy (non-hydrogen) atoms. The summed E-state index contributed by atoms with van der Waals surface area (Å²) in [5.41, 5.74) is 0.436. The Morgan fingerprint density at radius 2 is 1.84 bits per heavy atom. The molecule has 0 radical (unpaired) electrons. The molecule has 0 bridgehead atoms. The molecule has 1 unspecified atom stereocenters. The summed E-state index contributed by atoms with van der Waals surface area (Å²) in [5.74, 6) is -3.11. The number of hydrogen-bond acceptors (Lipinski definition) is 4. The van der Waals surface area contributed by atoms with Gasteiger partial charge in [0.05, 0.1) is 0 Å². The van der Waals surface area contributed by atoms with Gasteiger partial charge >= 0.3 is 5.97 Å². The number of halogens is 1. The minimum absolute atomic E-state index is 0.436. The lowest BCUT2D eigenvalue weighted by atomic mass is 10.3. The number of sulfone groups is 1. The number of hydrogen-bond donors (Lipinski definition) is 2. The number of anilines is 1. The van der Waals surface area contributed by atoms with Crippen LogP contribution in [0.5, 0.6) is 0 Å². The first-order valence-corrected chi connectivity index (χ1v) is 7.73. The molecule has 0 aliphatic carbocycles. The molecule has 0 saturated heterocycles. The lowest BCUT2D eigenvalue weighted by molar-refractivity contribution is -0.136. The van der Waals surface area contributed by atoms with Crippen LogP contribution in [0.25, 0.3) is 0 Å². The van der Waals surface area contributed by atoms with Crippen LogP contribution in [-0.2, 0) is 19.4 Å². The zero-order valence-corrected chi connectivity index (χ0v) is 12.4. The maximum atomic E-state index is 11.6. The maximum Gasteiger partial charge on any atom is 0.321 e. The number of rotatable bonds is 5. The molecule has 104 valence electrons. The average Bonchev–Trinajstić information content (AvgIpc) is 2.30. The number of carboxylic acid groups (broad SMARTS) is 1. The Hall–Kier alpha value is -1.41. The fourth-order valence-electron chi connectivity index (χ4n) is 1.19. The van der Waals surface area contributed by atoms with E-state index in [-0.39, 0.29) is 0 Å². The molecule has 6 nitrogen and oxygen atoms in total. The summed E-state index contributed by atoms with van der Waals surface area (Å²) < 4.78 is 24.0. The van der Waals surface area contributed by atoms with Crippen LogP contribution < -0.4 is 5.32 Å². The van der Waals surface area contributed by atoms with Crippen molar-refractivity contribution >= 4 is 43.3 Å². The van der Waals surface area contributed by atoms with Gasteiger partial charge in [-0.3, -0.25) is 9.59 Å². The van der Waals surface area contributed by atoms with E-state index in [0.717, 1.165) is 11.4 Å². The van der Waals surface area contributed by atoms with Crippen LogP contribution in [0.1, 0.15) is 6.92 Å². The van der Waals surface area contributed by atoms with E-state index in [4.69, 9.17) is 5.11 Å². The zero-order chi connectivity index (χ0) is 14.6. The molecular weight excluding hydrogens is 338 g/mol. The second-order valence-electron chi connectivity index (χ2n) is 3.84. The second-order valence-corrected chi connectivity index (χ2v) is 7.08. The van der Waals surface area contributed by atoms with Gasteiger partial charge in [-0.05, 0) is 31.2 Å². The number of benzene rings is 1. The number of carboxylic acids is 1. The largest absolute Gasteiger partial charge is 0.480 e. The fraction of sp³-hybridized carbons (Fsp3) is 0.273. The lowest BCUT2D eigenvalue weighted by Crippen LogP contribution is -2.34. The van der Waals surface area contributed by atoms with E-state index < -0.39 is 32.7 Å². The van der Waals surface area contributed by atoms with Crippen molar-refractivity contribution in [2.45, 2.75) is 12.2 Å². The molecule has 0 fully saturated rings. The molecular formula is C11H12BrNO5S. The first-order chi connectivity index (χ1) is 8.72. The molecule has 0 spiro atoms. The number of amides is 1. The highest BCUT2D eigenvalue weighted by Gasteiger charge is 2.29. The summed E-state index contributed by atoms with van der Waals surface area (Å²) in [4.78, 5) is 22.2. The van der Waals surface area contributed by atoms with Crippen molar-refractivity contribution in [2.24, 2.45) is 0 Å². The van der Waals surface area contributed by atoms with Crippen molar-refractivity contribution in [1.29, 1.82) is 0 Å². The number of nitrogens with one attached hydrogen (secondary N) is 1. The first kappa shape index (κ1) is 15.6. The van der Waals surface area contributed by atoms with Crippen molar-refractivity contribution in [2.75, 3.05) is 11.1 Å². The predicted molar refractivity (Wildman–Crippen MR) is 73.7 cm³/mol. The van der Waals surface area contributed by atoms with Crippen LogP contribution >= 0.6 is 15.9 Å². The topological polar surface area (TPSA) is 101 Å². The van der Waals surface area contributed by atoms with E-state index in [1.165, 1.54) is 0 Å². The molecule has 0 aliphatic heterocycles. The van der Waals surface area contributed by atoms with Gasteiger partial charge in [0.2, 0.25) is 5.91 Å². The van der Waals surface area contributed by atoms with Gasteiger partial charge in [-0.25, -0.2) is 8.42 Å². The zero-order valence-electron chi connectivity index (χ0n) is 9.96. The standard InChI is InChI=1S/C11H12BrNO5S/c1-7(11(15)16)19(17,18)6-10(14)13-9-4-2-8(12)3-5-9/h2-5,7H,6H2,1H3,(H,13,14)(H,15,16). The van der Waals surface area contributed by atoms with Crippen LogP contribution in [-0.4, -0.2) is 36.4 Å². The second kappa shape index (κ2) is 6.16. The minimum atomic E-state index is -4.01. The fourth-order valence-corrected chi connectivity index (χ4v) is 2.45. The van der Waals surface area contributed by atoms with E-state index in [2.05, 4.69) is 21.2 Å². The summed E-state index contributed by atoms with van der Waals surface area (Å²) in [6.07, 6.45) is 0. The average molecular weight is 350 g/mol. The van der Waals surface area contributed by atoms with Gasteiger partial charge < -0.3 is 10.4 Å². The maximum absolute atomic E-state index is 11.6. The van der Waals surface area contributed by atoms with Gasteiger partial charge in [-0.1, -0.05) is 15.9 Å². The molecule has 0 saturated carbocycles. The Bertz CT molecular complexity index is 582. The highest BCUT2D eigenvalue weighted by Crippen LogP contribution is 2.14. The van der Waals surface area contributed by atoms with Gasteiger partial charge in [-0.2, -0.15) is 0 Å². The van der Waals surface area contributed by atoms with Crippen molar-refractivity contribution in [1.82, 2.24) is 0 Å². The number of aliphatic carboxylic acids is 1. The molecule has 2 N–H and O–H groups in total. The van der Waals surface area contributed by atoms with Crippen LogP contribution in [0, 0.1) is 0 Å². The highest BCUT2D eigenvalue weighted by molar-refractivity contribution is 9.10. The van der Waals surface area contributed by atoms with Crippen LogP contribution in [0.15, 0.2) is 28.7 Å². The van der Waals surface area contributed by atoms with Gasteiger partial charge in [-0.15, -0.1) is 0 Å². The monoisotopic (exact) mass is 349 g/mol. The molecule has 0 aliphatic rings. The summed E-state index contributed by atoms with van der Waals surface area (Å²) >= 11 is 3.22. The van der Waals surface area contributed by atoms with E-state index in [9.17, 15) is 18.0 Å². The third-order valence-corrected chi connectivity index (χ3v) is 4.82. The third kappa shape index (κ3) is 4.64. The minimum Gasteiger partial charge on any atom is -0.480 e. The van der Waals surface area contributed by atoms with Crippen molar-refractivity contribution in [3.05, 3.63) is 28.7 Å². The lowest BCUT2D eigenvalue weighted by Gasteiger charge is -2.09. The van der Waals surface area contributed by atoms with E-state index >= 15 is 0 Å². The molecule has 1 amide bonds. The molecule has 1 rings (SSSR count). The summed E-state index contributed by atoms with van der Waals surface area (Å²) in [7, 11) is -4.01. The van der Waals surface area contributed by atoms with Crippen LogP contribution in [0.3, 0.4) is 0 Å². The SMILES string of the molecule is CC(C(=O)O)S(=O)(=O)CC(=O)Nc1ccc(Br)cc1. The van der Waals surface area contributed by atoms with Gasteiger partial charge in [0.25, 0.3) is 0 Å².